The highest BCUT2D eigenvalue weighted by Crippen LogP contribution is 2.42. The first-order chi connectivity index (χ1) is 25.8. The molecule has 10 aromatic rings. The molecule has 0 spiro atoms. The van der Waals surface area contributed by atoms with E-state index in [4.69, 9.17) is 0 Å². The lowest BCUT2D eigenvalue weighted by Crippen LogP contribution is -2.10. The number of rotatable bonds is 6. The molecule has 0 saturated carbocycles. The third-order valence-corrected chi connectivity index (χ3v) is 10.3. The minimum Gasteiger partial charge on any atom is -0.310 e. The summed E-state index contributed by atoms with van der Waals surface area (Å²) >= 11 is 0. The third-order valence-electron chi connectivity index (χ3n) is 10.3. The van der Waals surface area contributed by atoms with Gasteiger partial charge in [0.15, 0.2) is 0 Å². The molecule has 1 heterocycles. The smallest absolute Gasteiger partial charge is 0.0541 e. The Balaban J connectivity index is 1.12. The van der Waals surface area contributed by atoms with Gasteiger partial charge in [0.2, 0.25) is 0 Å². The van der Waals surface area contributed by atoms with E-state index in [-0.39, 0.29) is 0 Å². The predicted molar refractivity (Wildman–Crippen MR) is 221 cm³/mol. The summed E-state index contributed by atoms with van der Waals surface area (Å²) in [4.78, 5) is 2.38. The first-order valence-corrected chi connectivity index (χ1v) is 17.8. The summed E-state index contributed by atoms with van der Waals surface area (Å²) in [6.07, 6.45) is 0. The zero-order valence-corrected chi connectivity index (χ0v) is 28.5. The van der Waals surface area contributed by atoms with Crippen LogP contribution < -0.4 is 4.90 Å². The Hall–Kier alpha value is -6.90. The van der Waals surface area contributed by atoms with E-state index in [0.29, 0.717) is 0 Å². The lowest BCUT2D eigenvalue weighted by Gasteiger charge is -2.27. The summed E-state index contributed by atoms with van der Waals surface area (Å²) in [5, 5.41) is 7.41. The van der Waals surface area contributed by atoms with Crippen molar-refractivity contribution in [1.82, 2.24) is 4.57 Å². The molecule has 244 valence electrons. The van der Waals surface area contributed by atoms with E-state index in [1.54, 1.807) is 0 Å². The van der Waals surface area contributed by atoms with Gasteiger partial charge < -0.3 is 9.47 Å². The molecule has 2 heteroatoms. The van der Waals surface area contributed by atoms with Gasteiger partial charge in [0.25, 0.3) is 0 Å². The van der Waals surface area contributed by atoms with Gasteiger partial charge >= 0.3 is 0 Å². The maximum absolute atomic E-state index is 2.38. The topological polar surface area (TPSA) is 8.17 Å². The van der Waals surface area contributed by atoms with Crippen molar-refractivity contribution in [3.63, 3.8) is 0 Å². The van der Waals surface area contributed by atoms with E-state index in [0.717, 1.165) is 17.1 Å². The molecule has 0 fully saturated rings. The quantitative estimate of drug-likeness (QED) is 0.172. The van der Waals surface area contributed by atoms with Gasteiger partial charge in [-0.1, -0.05) is 140 Å². The number of hydrogen-bond donors (Lipinski definition) is 0. The van der Waals surface area contributed by atoms with E-state index >= 15 is 0 Å². The van der Waals surface area contributed by atoms with Gasteiger partial charge in [-0.3, -0.25) is 0 Å². The molecule has 0 bridgehead atoms. The molecule has 10 rings (SSSR count). The Bertz CT molecular complexity index is 2840. The monoisotopic (exact) mass is 662 g/mol. The Kier molecular flexibility index (Phi) is 7.18. The predicted octanol–water partition coefficient (Wildman–Crippen LogP) is 13.9. The van der Waals surface area contributed by atoms with Gasteiger partial charge in [-0.15, -0.1) is 0 Å². The highest BCUT2D eigenvalue weighted by atomic mass is 15.1. The molecule has 0 unspecified atom stereocenters. The largest absolute Gasteiger partial charge is 0.310 e. The number of nitrogens with zero attached hydrogens (tertiary/aromatic N) is 2. The molecule has 0 radical (unpaired) electrons. The number of anilines is 3. The van der Waals surface area contributed by atoms with Crippen LogP contribution in [0.5, 0.6) is 0 Å². The molecule has 0 amide bonds. The number of fused-ring (bicyclic) bond motifs is 5. The Morgan fingerprint density at radius 3 is 1.54 bits per heavy atom. The standard InChI is InChI=1S/C50H34N2/c1-2-18-41(19-3-1)52-49-24-11-10-23-47(49)48-34-40(27-30-50(48)52)46-22-9-8-21-45(46)39-17-12-20-42(33-39)51(43-28-25-35-13-4-6-15-37(35)31-43)44-29-26-36-14-5-7-16-38(36)32-44/h1-34H. The number of benzene rings is 9. The maximum Gasteiger partial charge on any atom is 0.0541 e. The number of hydrogen-bond acceptors (Lipinski definition) is 1. The Morgan fingerprint density at radius 2 is 0.846 bits per heavy atom. The van der Waals surface area contributed by atoms with Crippen molar-refractivity contribution >= 4 is 60.4 Å². The zero-order chi connectivity index (χ0) is 34.4. The van der Waals surface area contributed by atoms with Crippen LogP contribution in [0, 0.1) is 0 Å². The average Bonchev–Trinajstić information content (AvgIpc) is 3.55. The van der Waals surface area contributed by atoms with Crippen LogP contribution in [0.3, 0.4) is 0 Å². The van der Waals surface area contributed by atoms with Crippen LogP contribution in [-0.2, 0) is 0 Å². The number of aromatic nitrogens is 1. The molecule has 0 aliphatic heterocycles. The maximum atomic E-state index is 2.38. The van der Waals surface area contributed by atoms with E-state index in [9.17, 15) is 0 Å². The lowest BCUT2D eigenvalue weighted by molar-refractivity contribution is 1.18. The summed E-state index contributed by atoms with van der Waals surface area (Å²) < 4.78 is 2.37. The normalized spacial score (nSPS) is 11.5. The second kappa shape index (κ2) is 12.5. The molecule has 0 atom stereocenters. The summed E-state index contributed by atoms with van der Waals surface area (Å²) in [7, 11) is 0. The third kappa shape index (κ3) is 5.12. The summed E-state index contributed by atoms with van der Waals surface area (Å²) in [6.45, 7) is 0. The molecule has 0 aliphatic rings. The van der Waals surface area contributed by atoms with Gasteiger partial charge in [-0.05, 0) is 111 Å². The van der Waals surface area contributed by atoms with Crippen LogP contribution in [0.4, 0.5) is 17.1 Å². The Morgan fingerprint density at radius 1 is 0.308 bits per heavy atom. The van der Waals surface area contributed by atoms with Gasteiger partial charge in [0.1, 0.15) is 0 Å². The lowest BCUT2D eigenvalue weighted by atomic mass is 9.93. The molecule has 1 aromatic heterocycles. The molecule has 52 heavy (non-hydrogen) atoms. The molecule has 9 aromatic carbocycles. The highest BCUT2D eigenvalue weighted by Gasteiger charge is 2.17. The van der Waals surface area contributed by atoms with Gasteiger partial charge in [0.05, 0.1) is 11.0 Å². The van der Waals surface area contributed by atoms with Crippen LogP contribution in [0.15, 0.2) is 206 Å². The van der Waals surface area contributed by atoms with Crippen LogP contribution in [0.25, 0.3) is 71.3 Å². The van der Waals surface area contributed by atoms with Crippen LogP contribution >= 0.6 is 0 Å². The number of para-hydroxylation sites is 2. The first kappa shape index (κ1) is 30.0. The van der Waals surface area contributed by atoms with Crippen LogP contribution in [0.1, 0.15) is 0 Å². The van der Waals surface area contributed by atoms with Crippen molar-refractivity contribution in [2.24, 2.45) is 0 Å². The highest BCUT2D eigenvalue weighted by molar-refractivity contribution is 6.11. The minimum absolute atomic E-state index is 1.11. The van der Waals surface area contributed by atoms with Gasteiger partial charge in [-0.2, -0.15) is 0 Å². The summed E-state index contributed by atoms with van der Waals surface area (Å²) in [6, 6.07) is 74.8. The Labute approximate surface area is 303 Å². The van der Waals surface area contributed by atoms with Gasteiger partial charge in [0, 0.05) is 33.5 Å². The fourth-order valence-corrected chi connectivity index (χ4v) is 7.87. The van der Waals surface area contributed by atoms with Crippen molar-refractivity contribution in [3.8, 4) is 27.9 Å². The minimum atomic E-state index is 1.11. The summed E-state index contributed by atoms with van der Waals surface area (Å²) in [5.41, 5.74) is 11.7. The van der Waals surface area contributed by atoms with E-state index in [2.05, 4.69) is 216 Å². The van der Waals surface area contributed by atoms with Crippen molar-refractivity contribution in [3.05, 3.63) is 206 Å². The molecule has 0 saturated heterocycles. The summed E-state index contributed by atoms with van der Waals surface area (Å²) in [5.74, 6) is 0. The SMILES string of the molecule is c1ccc(-n2c3ccccc3c3cc(-c4ccccc4-c4cccc(N(c5ccc6ccccc6c5)c5ccc6ccccc6c5)c4)ccc32)cc1. The molecular weight excluding hydrogens is 629 g/mol. The van der Waals surface area contributed by atoms with Crippen molar-refractivity contribution < 1.29 is 0 Å². The van der Waals surface area contributed by atoms with E-state index in [1.807, 2.05) is 0 Å². The average molecular weight is 663 g/mol. The molecule has 2 nitrogen and oxygen atoms in total. The van der Waals surface area contributed by atoms with Crippen LogP contribution in [0.2, 0.25) is 0 Å². The molecule has 0 N–H and O–H groups in total. The first-order valence-electron chi connectivity index (χ1n) is 17.8. The fourth-order valence-electron chi connectivity index (χ4n) is 7.87. The van der Waals surface area contributed by atoms with Crippen molar-refractivity contribution in [2.45, 2.75) is 0 Å². The fraction of sp³-hybridized carbons (Fsp3) is 0. The second-order valence-corrected chi connectivity index (χ2v) is 13.4. The zero-order valence-electron chi connectivity index (χ0n) is 28.5. The van der Waals surface area contributed by atoms with E-state index < -0.39 is 0 Å². The van der Waals surface area contributed by atoms with Crippen LogP contribution in [-0.4, -0.2) is 4.57 Å². The molecule has 0 aliphatic carbocycles. The second-order valence-electron chi connectivity index (χ2n) is 13.4. The van der Waals surface area contributed by atoms with Crippen molar-refractivity contribution in [1.29, 1.82) is 0 Å². The van der Waals surface area contributed by atoms with Crippen molar-refractivity contribution in [2.75, 3.05) is 4.90 Å². The molecular formula is C50H34N2. The van der Waals surface area contributed by atoms with Gasteiger partial charge in [-0.25, -0.2) is 0 Å². The van der Waals surface area contributed by atoms with E-state index in [1.165, 1.54) is 71.3 Å².